The Morgan fingerprint density at radius 1 is 1.29 bits per heavy atom. The van der Waals surface area contributed by atoms with E-state index in [9.17, 15) is 13.6 Å². The molecule has 0 aliphatic carbocycles. The molecular weight excluding hydrogens is 280 g/mol. The number of imidazole rings is 1. The van der Waals surface area contributed by atoms with E-state index in [1.54, 1.807) is 0 Å². The van der Waals surface area contributed by atoms with E-state index >= 15 is 0 Å². The third kappa shape index (κ3) is 1.99. The van der Waals surface area contributed by atoms with Crippen LogP contribution in [-0.4, -0.2) is 20.5 Å². The number of nitrogen functional groups attached to an aromatic ring is 1. The van der Waals surface area contributed by atoms with Crippen molar-refractivity contribution in [3.8, 4) is 11.3 Å². The van der Waals surface area contributed by atoms with Gasteiger partial charge in [0.2, 0.25) is 0 Å². The minimum Gasteiger partial charge on any atom is -0.478 e. The van der Waals surface area contributed by atoms with Gasteiger partial charge in [0.15, 0.2) is 5.65 Å². The highest BCUT2D eigenvalue weighted by Gasteiger charge is 2.19. The SMILES string of the molecule is Nc1c(-c2cc(F)ccc2F)nc2c(C(=O)O)cccn12. The van der Waals surface area contributed by atoms with Crippen LogP contribution in [0.4, 0.5) is 14.6 Å². The first kappa shape index (κ1) is 13.0. The molecule has 0 amide bonds. The van der Waals surface area contributed by atoms with Crippen molar-refractivity contribution in [2.45, 2.75) is 0 Å². The quantitative estimate of drug-likeness (QED) is 0.759. The molecule has 0 unspecified atom stereocenters. The van der Waals surface area contributed by atoms with Crippen molar-refractivity contribution in [1.82, 2.24) is 9.38 Å². The number of halogens is 2. The van der Waals surface area contributed by atoms with Crippen LogP contribution in [0.15, 0.2) is 36.5 Å². The van der Waals surface area contributed by atoms with Crippen molar-refractivity contribution in [2.75, 3.05) is 5.73 Å². The van der Waals surface area contributed by atoms with Crippen LogP contribution in [0, 0.1) is 11.6 Å². The number of fused-ring (bicyclic) bond motifs is 1. The normalized spacial score (nSPS) is 11.0. The van der Waals surface area contributed by atoms with Gasteiger partial charge in [0, 0.05) is 11.8 Å². The Hall–Kier alpha value is -2.96. The molecule has 5 nitrogen and oxygen atoms in total. The summed E-state index contributed by atoms with van der Waals surface area (Å²) in [6, 6.07) is 5.75. The maximum atomic E-state index is 13.8. The van der Waals surface area contributed by atoms with Gasteiger partial charge in [-0.2, -0.15) is 0 Å². The topological polar surface area (TPSA) is 80.6 Å². The fraction of sp³-hybridized carbons (Fsp3) is 0. The molecule has 0 saturated heterocycles. The first-order chi connectivity index (χ1) is 9.99. The van der Waals surface area contributed by atoms with E-state index in [1.807, 2.05) is 0 Å². The third-order valence-corrected chi connectivity index (χ3v) is 3.10. The van der Waals surface area contributed by atoms with Crippen molar-refractivity contribution >= 4 is 17.4 Å². The molecule has 3 N–H and O–H groups in total. The number of nitrogens with zero attached hydrogens (tertiary/aromatic N) is 2. The highest BCUT2D eigenvalue weighted by atomic mass is 19.1. The summed E-state index contributed by atoms with van der Waals surface area (Å²) in [4.78, 5) is 15.2. The van der Waals surface area contributed by atoms with E-state index in [1.165, 1.54) is 22.7 Å². The Kier molecular flexibility index (Phi) is 2.83. The van der Waals surface area contributed by atoms with Gasteiger partial charge < -0.3 is 10.8 Å². The van der Waals surface area contributed by atoms with Gasteiger partial charge in [-0.05, 0) is 30.3 Å². The Bertz CT molecular complexity index is 874. The molecule has 21 heavy (non-hydrogen) atoms. The highest BCUT2D eigenvalue weighted by molar-refractivity contribution is 5.95. The minimum atomic E-state index is -1.18. The molecule has 0 spiro atoms. The van der Waals surface area contributed by atoms with Gasteiger partial charge in [0.1, 0.15) is 28.7 Å². The average Bonchev–Trinajstić information content (AvgIpc) is 2.79. The summed E-state index contributed by atoms with van der Waals surface area (Å²) in [5.41, 5.74) is 5.75. The van der Waals surface area contributed by atoms with Crippen LogP contribution >= 0.6 is 0 Å². The van der Waals surface area contributed by atoms with E-state index in [0.29, 0.717) is 0 Å². The van der Waals surface area contributed by atoms with Crippen LogP contribution < -0.4 is 5.73 Å². The number of carboxylic acid groups (broad SMARTS) is 1. The molecule has 0 radical (unpaired) electrons. The fourth-order valence-electron chi connectivity index (χ4n) is 2.13. The predicted molar refractivity (Wildman–Crippen MR) is 71.9 cm³/mol. The minimum absolute atomic E-state index is 0.000648. The summed E-state index contributed by atoms with van der Waals surface area (Å²) < 4.78 is 28.4. The van der Waals surface area contributed by atoms with Crippen molar-refractivity contribution < 1.29 is 18.7 Å². The molecular formula is C14H9F2N3O2. The summed E-state index contributed by atoms with van der Waals surface area (Å²) in [6.45, 7) is 0. The Morgan fingerprint density at radius 3 is 2.76 bits per heavy atom. The fourth-order valence-corrected chi connectivity index (χ4v) is 2.13. The predicted octanol–water partition coefficient (Wildman–Crippen LogP) is 2.56. The molecule has 1 aromatic carbocycles. The molecule has 106 valence electrons. The molecule has 0 atom stereocenters. The number of rotatable bonds is 2. The average molecular weight is 289 g/mol. The molecule has 7 heteroatoms. The van der Waals surface area contributed by atoms with E-state index in [0.717, 1.165) is 18.2 Å². The number of carbonyl (C=O) groups is 1. The molecule has 0 fully saturated rings. The lowest BCUT2D eigenvalue weighted by Gasteiger charge is -2.01. The van der Waals surface area contributed by atoms with Crippen LogP contribution in [0.1, 0.15) is 10.4 Å². The van der Waals surface area contributed by atoms with E-state index in [4.69, 9.17) is 10.8 Å². The first-order valence-electron chi connectivity index (χ1n) is 5.94. The van der Waals surface area contributed by atoms with Crippen molar-refractivity contribution in [3.63, 3.8) is 0 Å². The Morgan fingerprint density at radius 2 is 2.05 bits per heavy atom. The monoisotopic (exact) mass is 289 g/mol. The summed E-state index contributed by atoms with van der Waals surface area (Å²) in [5.74, 6) is -2.47. The van der Waals surface area contributed by atoms with Crippen molar-refractivity contribution in [2.24, 2.45) is 0 Å². The van der Waals surface area contributed by atoms with Gasteiger partial charge in [-0.15, -0.1) is 0 Å². The van der Waals surface area contributed by atoms with Crippen LogP contribution in [0.25, 0.3) is 16.9 Å². The number of aromatic carboxylic acids is 1. The summed E-state index contributed by atoms with van der Waals surface area (Å²) in [6.07, 6.45) is 1.50. The van der Waals surface area contributed by atoms with Gasteiger partial charge in [-0.3, -0.25) is 4.40 Å². The first-order valence-corrected chi connectivity index (χ1v) is 5.94. The molecule has 2 aromatic heterocycles. The maximum Gasteiger partial charge on any atom is 0.339 e. The van der Waals surface area contributed by atoms with Crippen molar-refractivity contribution in [3.05, 3.63) is 53.7 Å². The number of carboxylic acids is 1. The molecule has 0 aliphatic rings. The number of hydrogen-bond donors (Lipinski definition) is 2. The van der Waals surface area contributed by atoms with E-state index in [-0.39, 0.29) is 28.3 Å². The second-order valence-corrected chi connectivity index (χ2v) is 4.39. The molecule has 0 saturated carbocycles. The van der Waals surface area contributed by atoms with Crippen LogP contribution in [-0.2, 0) is 0 Å². The zero-order valence-corrected chi connectivity index (χ0v) is 10.5. The Balaban J connectivity index is 2.34. The highest BCUT2D eigenvalue weighted by Crippen LogP contribution is 2.30. The second-order valence-electron chi connectivity index (χ2n) is 4.39. The number of nitrogens with two attached hydrogens (primary N) is 1. The zero-order chi connectivity index (χ0) is 15.1. The van der Waals surface area contributed by atoms with Gasteiger partial charge in [0.25, 0.3) is 0 Å². The summed E-state index contributed by atoms with van der Waals surface area (Å²) in [7, 11) is 0. The lowest BCUT2D eigenvalue weighted by Crippen LogP contribution is -2.01. The van der Waals surface area contributed by atoms with E-state index < -0.39 is 17.6 Å². The number of hydrogen-bond acceptors (Lipinski definition) is 3. The van der Waals surface area contributed by atoms with Gasteiger partial charge >= 0.3 is 5.97 Å². The second kappa shape index (κ2) is 4.55. The van der Waals surface area contributed by atoms with Crippen molar-refractivity contribution in [1.29, 1.82) is 0 Å². The number of aromatic nitrogens is 2. The van der Waals surface area contributed by atoms with E-state index in [2.05, 4.69) is 4.98 Å². The standard InChI is InChI=1S/C14H9F2N3O2/c15-7-3-4-10(16)9(6-7)11-12(17)19-5-1-2-8(14(20)21)13(19)18-11/h1-6H,17H2,(H,20,21). The summed E-state index contributed by atoms with van der Waals surface area (Å²) >= 11 is 0. The van der Waals surface area contributed by atoms with Crippen LogP contribution in [0.5, 0.6) is 0 Å². The van der Waals surface area contributed by atoms with Gasteiger partial charge in [-0.25, -0.2) is 18.6 Å². The number of benzene rings is 1. The van der Waals surface area contributed by atoms with Gasteiger partial charge in [0.05, 0.1) is 0 Å². The van der Waals surface area contributed by atoms with Crippen LogP contribution in [0.3, 0.4) is 0 Å². The van der Waals surface area contributed by atoms with Gasteiger partial charge in [-0.1, -0.05) is 0 Å². The zero-order valence-electron chi connectivity index (χ0n) is 10.5. The third-order valence-electron chi connectivity index (χ3n) is 3.10. The molecule has 0 aliphatic heterocycles. The molecule has 3 aromatic rings. The number of pyridine rings is 1. The summed E-state index contributed by atoms with van der Waals surface area (Å²) in [5, 5.41) is 9.12. The smallest absolute Gasteiger partial charge is 0.339 e. The Labute approximate surface area is 117 Å². The molecule has 0 bridgehead atoms. The molecule has 3 rings (SSSR count). The lowest BCUT2D eigenvalue weighted by molar-refractivity contribution is 0.0698. The number of anilines is 1. The molecule has 2 heterocycles. The van der Waals surface area contributed by atoms with Crippen LogP contribution in [0.2, 0.25) is 0 Å². The maximum absolute atomic E-state index is 13.8. The lowest BCUT2D eigenvalue weighted by atomic mass is 10.1. The largest absolute Gasteiger partial charge is 0.478 e.